The monoisotopic (exact) mass is 286 g/mol. The Morgan fingerprint density at radius 3 is 2.41 bits per heavy atom. The Hall–Kier alpha value is -0.590. The van der Waals surface area contributed by atoms with Gasteiger partial charge in [-0.05, 0) is 23.4 Å². The van der Waals surface area contributed by atoms with Crippen molar-refractivity contribution in [1.82, 2.24) is 10.2 Å². The average Bonchev–Trinajstić information content (AvgIpc) is 2.77. The van der Waals surface area contributed by atoms with Gasteiger partial charge in [-0.15, -0.1) is 10.2 Å². The second kappa shape index (κ2) is 6.37. The molecule has 1 heterocycles. The van der Waals surface area contributed by atoms with Crippen LogP contribution in [0.3, 0.4) is 0 Å². The van der Waals surface area contributed by atoms with Crippen LogP contribution in [0.25, 0.3) is 0 Å². The van der Waals surface area contributed by atoms with Gasteiger partial charge in [0.1, 0.15) is 5.82 Å². The minimum Gasteiger partial charge on any atom is -0.207 e. The smallest absolute Gasteiger partial charge is 0.175 e. The normalized spacial score (nSPS) is 10.7. The molecule has 0 amide bonds. The summed E-state index contributed by atoms with van der Waals surface area (Å²) in [5, 5.41) is 8.19. The van der Waals surface area contributed by atoms with Gasteiger partial charge in [0.05, 0.1) is 0 Å². The number of halogens is 1. The van der Waals surface area contributed by atoms with Crippen LogP contribution in [0, 0.1) is 5.82 Å². The van der Waals surface area contributed by atoms with E-state index in [9.17, 15) is 4.39 Å². The SMILES string of the molecule is CCSc1nnc(SCc2ccc(F)cc2)s1. The van der Waals surface area contributed by atoms with Gasteiger partial charge in [-0.2, -0.15) is 0 Å². The molecule has 2 nitrogen and oxygen atoms in total. The quantitative estimate of drug-likeness (QED) is 0.773. The molecule has 0 aliphatic rings. The number of nitrogens with zero attached hydrogens (tertiary/aromatic N) is 2. The van der Waals surface area contributed by atoms with Crippen LogP contribution < -0.4 is 0 Å². The fourth-order valence-corrected chi connectivity index (χ4v) is 4.04. The molecular weight excluding hydrogens is 275 g/mol. The van der Waals surface area contributed by atoms with Gasteiger partial charge in [-0.25, -0.2) is 4.39 Å². The first-order chi connectivity index (χ1) is 8.28. The van der Waals surface area contributed by atoms with Gasteiger partial charge in [0.25, 0.3) is 0 Å². The first kappa shape index (κ1) is 12.9. The van der Waals surface area contributed by atoms with Gasteiger partial charge in [-0.3, -0.25) is 0 Å². The fraction of sp³-hybridized carbons (Fsp3) is 0.273. The molecule has 0 N–H and O–H groups in total. The number of rotatable bonds is 5. The number of thioether (sulfide) groups is 2. The van der Waals surface area contributed by atoms with Crippen molar-refractivity contribution in [2.24, 2.45) is 0 Å². The maximum atomic E-state index is 12.7. The molecule has 6 heteroatoms. The summed E-state index contributed by atoms with van der Waals surface area (Å²) in [5.74, 6) is 1.61. The predicted octanol–water partition coefficient (Wildman–Crippen LogP) is 4.08. The van der Waals surface area contributed by atoms with Gasteiger partial charge >= 0.3 is 0 Å². The molecule has 0 saturated carbocycles. The number of aromatic nitrogens is 2. The fourth-order valence-electron chi connectivity index (χ4n) is 1.16. The third-order valence-corrected chi connectivity index (χ3v) is 5.07. The van der Waals surface area contributed by atoms with Crippen LogP contribution in [0.4, 0.5) is 4.39 Å². The van der Waals surface area contributed by atoms with Gasteiger partial charge in [0, 0.05) is 5.75 Å². The number of benzene rings is 1. The van der Waals surface area contributed by atoms with Gasteiger partial charge in [0.2, 0.25) is 0 Å². The van der Waals surface area contributed by atoms with Crippen LogP contribution in [0.2, 0.25) is 0 Å². The van der Waals surface area contributed by atoms with Crippen LogP contribution in [0.15, 0.2) is 32.9 Å². The van der Waals surface area contributed by atoms with Gasteiger partial charge in [-0.1, -0.05) is 53.9 Å². The van der Waals surface area contributed by atoms with Gasteiger partial charge < -0.3 is 0 Å². The van der Waals surface area contributed by atoms with E-state index >= 15 is 0 Å². The lowest BCUT2D eigenvalue weighted by molar-refractivity contribution is 0.627. The van der Waals surface area contributed by atoms with E-state index in [-0.39, 0.29) is 5.82 Å². The molecule has 2 aromatic rings. The molecule has 1 aromatic carbocycles. The van der Waals surface area contributed by atoms with Crippen molar-refractivity contribution in [1.29, 1.82) is 0 Å². The van der Waals surface area contributed by atoms with E-state index < -0.39 is 0 Å². The van der Waals surface area contributed by atoms with Crippen molar-refractivity contribution in [3.05, 3.63) is 35.6 Å². The highest BCUT2D eigenvalue weighted by molar-refractivity contribution is 8.02. The number of hydrogen-bond donors (Lipinski definition) is 0. The first-order valence-corrected chi connectivity index (χ1v) is 7.90. The lowest BCUT2D eigenvalue weighted by Crippen LogP contribution is -1.81. The Balaban J connectivity index is 1.90. The third kappa shape index (κ3) is 3.97. The van der Waals surface area contributed by atoms with E-state index in [0.29, 0.717) is 0 Å². The molecule has 0 aliphatic heterocycles. The van der Waals surface area contributed by atoms with E-state index in [2.05, 4.69) is 17.1 Å². The number of hydrogen-bond acceptors (Lipinski definition) is 5. The molecule has 0 unspecified atom stereocenters. The molecule has 1 aromatic heterocycles. The summed E-state index contributed by atoms with van der Waals surface area (Å²) in [6, 6.07) is 6.55. The summed E-state index contributed by atoms with van der Waals surface area (Å²) in [6.45, 7) is 2.09. The molecule has 0 saturated heterocycles. The molecule has 0 aliphatic carbocycles. The zero-order valence-electron chi connectivity index (χ0n) is 9.22. The average molecular weight is 286 g/mol. The van der Waals surface area contributed by atoms with Gasteiger partial charge in [0.15, 0.2) is 8.68 Å². The van der Waals surface area contributed by atoms with Crippen LogP contribution in [-0.4, -0.2) is 16.0 Å². The Morgan fingerprint density at radius 1 is 1.12 bits per heavy atom. The molecular formula is C11H11FN2S3. The Labute approximate surface area is 112 Å². The van der Waals surface area contributed by atoms with Crippen molar-refractivity contribution in [3.8, 4) is 0 Å². The van der Waals surface area contributed by atoms with Crippen LogP contribution in [0.5, 0.6) is 0 Å². The summed E-state index contributed by atoms with van der Waals surface area (Å²) in [6.07, 6.45) is 0. The second-order valence-corrected chi connectivity index (χ2v) is 6.89. The largest absolute Gasteiger partial charge is 0.207 e. The van der Waals surface area contributed by atoms with E-state index in [1.165, 1.54) is 12.1 Å². The highest BCUT2D eigenvalue weighted by Gasteiger charge is 2.04. The first-order valence-electron chi connectivity index (χ1n) is 5.11. The molecule has 90 valence electrons. The Morgan fingerprint density at radius 2 is 1.76 bits per heavy atom. The lowest BCUT2D eigenvalue weighted by Gasteiger charge is -1.97. The highest BCUT2D eigenvalue weighted by atomic mass is 32.2. The minimum atomic E-state index is -0.198. The molecule has 17 heavy (non-hydrogen) atoms. The maximum Gasteiger partial charge on any atom is 0.175 e. The van der Waals surface area contributed by atoms with Crippen LogP contribution in [0.1, 0.15) is 12.5 Å². The van der Waals surface area contributed by atoms with E-state index in [4.69, 9.17) is 0 Å². The van der Waals surface area contributed by atoms with Crippen molar-refractivity contribution >= 4 is 34.9 Å². The molecule has 0 fully saturated rings. The predicted molar refractivity (Wildman–Crippen MR) is 72.3 cm³/mol. The topological polar surface area (TPSA) is 25.8 Å². The zero-order valence-corrected chi connectivity index (χ0v) is 11.7. The molecule has 0 radical (unpaired) electrons. The highest BCUT2D eigenvalue weighted by Crippen LogP contribution is 2.30. The minimum absolute atomic E-state index is 0.198. The van der Waals surface area contributed by atoms with E-state index in [1.807, 2.05) is 0 Å². The van der Waals surface area contributed by atoms with Crippen molar-refractivity contribution in [2.45, 2.75) is 21.4 Å². The maximum absolute atomic E-state index is 12.7. The second-order valence-electron chi connectivity index (χ2n) is 3.18. The molecule has 0 spiro atoms. The Kier molecular flexibility index (Phi) is 4.82. The summed E-state index contributed by atoms with van der Waals surface area (Å²) >= 11 is 4.95. The van der Waals surface area contributed by atoms with Crippen LogP contribution >= 0.6 is 34.9 Å². The standard InChI is InChI=1S/C11H11FN2S3/c1-2-15-10-13-14-11(17-10)16-7-8-3-5-9(12)6-4-8/h3-6H,2,7H2,1H3. The molecule has 0 bridgehead atoms. The van der Waals surface area contributed by atoms with E-state index in [1.54, 1.807) is 47.0 Å². The molecule has 0 atom stereocenters. The summed E-state index contributed by atoms with van der Waals surface area (Å²) in [5.41, 5.74) is 1.09. The van der Waals surface area contributed by atoms with Crippen LogP contribution in [-0.2, 0) is 5.75 Å². The van der Waals surface area contributed by atoms with Crippen molar-refractivity contribution in [3.63, 3.8) is 0 Å². The lowest BCUT2D eigenvalue weighted by atomic mass is 10.2. The summed E-state index contributed by atoms with van der Waals surface area (Å²) in [4.78, 5) is 0. The Bertz CT molecular complexity index is 470. The zero-order chi connectivity index (χ0) is 12.1. The van der Waals surface area contributed by atoms with Crippen molar-refractivity contribution in [2.75, 3.05) is 5.75 Å². The molecule has 2 rings (SSSR count). The van der Waals surface area contributed by atoms with Crippen molar-refractivity contribution < 1.29 is 4.39 Å². The summed E-state index contributed by atoms with van der Waals surface area (Å²) < 4.78 is 14.7. The third-order valence-electron chi connectivity index (χ3n) is 1.93. The van der Waals surface area contributed by atoms with E-state index in [0.717, 1.165) is 25.7 Å². The summed E-state index contributed by atoms with van der Waals surface area (Å²) in [7, 11) is 0.